The van der Waals surface area contributed by atoms with Crippen molar-refractivity contribution >= 4 is 5.78 Å². The van der Waals surface area contributed by atoms with Gasteiger partial charge < -0.3 is 0 Å². The van der Waals surface area contributed by atoms with Crippen LogP contribution < -0.4 is 0 Å². The summed E-state index contributed by atoms with van der Waals surface area (Å²) in [5.41, 5.74) is 0. The maximum absolute atomic E-state index is 11.4. The number of Topliss-reactive ketones (excluding diaryl/α,β-unsaturated/α-hetero) is 1. The minimum atomic E-state index is 0.0417. The number of rotatable bonds is 2. The molecule has 0 aromatic rings. The lowest BCUT2D eigenvalue weighted by molar-refractivity contribution is -0.126. The quantitative estimate of drug-likeness (QED) is 0.569. The maximum atomic E-state index is 11.4. The fourth-order valence-corrected chi connectivity index (χ4v) is 1.57. The van der Waals surface area contributed by atoms with Gasteiger partial charge in [-0.1, -0.05) is 6.92 Å². The second kappa shape index (κ2) is 3.32. The predicted octanol–water partition coefficient (Wildman–Crippen LogP) is 0.169. The topological polar surface area (TPSA) is 23.6 Å². The van der Waals surface area contributed by atoms with Crippen LogP contribution in [0.1, 0.15) is 13.3 Å². The Kier molecular flexibility index (Phi) is 2.62. The molecule has 1 rings (SSSR count). The Morgan fingerprint density at radius 1 is 1.36 bits per heavy atom. The van der Waals surface area contributed by atoms with Gasteiger partial charge in [-0.25, -0.2) is 0 Å². The molecule has 0 aromatic heterocycles. The monoisotopic (exact) mass is 156 g/mol. The van der Waals surface area contributed by atoms with Crippen molar-refractivity contribution in [3.8, 4) is 0 Å². The first kappa shape index (κ1) is 8.68. The Labute approximate surface area is 68.0 Å². The van der Waals surface area contributed by atoms with Gasteiger partial charge in [-0.05, 0) is 14.1 Å². The van der Waals surface area contributed by atoms with Gasteiger partial charge in [0.15, 0.2) is 5.78 Å². The Balaban J connectivity index is 2.60. The molecule has 64 valence electrons. The summed E-state index contributed by atoms with van der Waals surface area (Å²) in [6.07, 6.45) is 0.680. The van der Waals surface area contributed by atoms with E-state index in [1.807, 2.05) is 21.0 Å². The van der Waals surface area contributed by atoms with E-state index in [-0.39, 0.29) is 6.17 Å². The zero-order valence-corrected chi connectivity index (χ0v) is 7.50. The van der Waals surface area contributed by atoms with E-state index in [2.05, 4.69) is 9.80 Å². The minimum Gasteiger partial charge on any atom is -0.296 e. The van der Waals surface area contributed by atoms with Crippen LogP contribution in [-0.2, 0) is 4.79 Å². The third-order valence-corrected chi connectivity index (χ3v) is 2.28. The summed E-state index contributed by atoms with van der Waals surface area (Å²) in [5, 5.41) is 0. The molecule has 0 unspecified atom stereocenters. The van der Waals surface area contributed by atoms with Gasteiger partial charge in [-0.15, -0.1) is 0 Å². The summed E-state index contributed by atoms with van der Waals surface area (Å²) < 4.78 is 0. The molecular formula is C8H16N2O. The molecular weight excluding hydrogens is 140 g/mol. The van der Waals surface area contributed by atoms with Gasteiger partial charge in [-0.3, -0.25) is 14.6 Å². The number of ketones is 1. The van der Waals surface area contributed by atoms with Crippen LogP contribution in [0.15, 0.2) is 0 Å². The second-order valence-electron chi connectivity index (χ2n) is 3.15. The Morgan fingerprint density at radius 2 is 1.82 bits per heavy atom. The molecule has 0 aromatic carbocycles. The van der Waals surface area contributed by atoms with E-state index in [1.54, 1.807) is 0 Å². The van der Waals surface area contributed by atoms with Crippen LogP contribution in [0.5, 0.6) is 0 Å². The third kappa shape index (κ3) is 1.60. The summed E-state index contributed by atoms with van der Waals surface area (Å²) in [4.78, 5) is 15.6. The highest BCUT2D eigenvalue weighted by atomic mass is 16.1. The summed E-state index contributed by atoms with van der Waals surface area (Å²) in [6.45, 7) is 3.93. The first-order valence-electron chi connectivity index (χ1n) is 4.10. The molecule has 1 aliphatic heterocycles. The molecule has 1 saturated heterocycles. The van der Waals surface area contributed by atoms with E-state index in [0.717, 1.165) is 13.1 Å². The van der Waals surface area contributed by atoms with Crippen molar-refractivity contribution in [2.45, 2.75) is 19.5 Å². The Hall–Kier alpha value is -0.410. The van der Waals surface area contributed by atoms with E-state index in [0.29, 0.717) is 12.2 Å². The number of carbonyl (C=O) groups excluding carboxylic acids is 1. The van der Waals surface area contributed by atoms with Crippen molar-refractivity contribution in [2.24, 2.45) is 0 Å². The average Bonchev–Trinajstić information content (AvgIpc) is 2.30. The molecule has 1 fully saturated rings. The van der Waals surface area contributed by atoms with Crippen LogP contribution >= 0.6 is 0 Å². The van der Waals surface area contributed by atoms with Crippen molar-refractivity contribution in [3.63, 3.8) is 0 Å². The number of nitrogens with zero attached hydrogens (tertiary/aromatic N) is 2. The number of carbonyl (C=O) groups is 1. The molecule has 0 radical (unpaired) electrons. The minimum absolute atomic E-state index is 0.0417. The summed E-state index contributed by atoms with van der Waals surface area (Å²) in [7, 11) is 4.00. The van der Waals surface area contributed by atoms with Crippen molar-refractivity contribution in [1.29, 1.82) is 0 Å². The molecule has 11 heavy (non-hydrogen) atoms. The molecule has 1 aliphatic rings. The molecule has 0 saturated carbocycles. The van der Waals surface area contributed by atoms with Gasteiger partial charge in [0.05, 0.1) is 0 Å². The lowest BCUT2D eigenvalue weighted by Crippen LogP contribution is -2.41. The summed E-state index contributed by atoms with van der Waals surface area (Å²) >= 11 is 0. The molecule has 1 heterocycles. The van der Waals surface area contributed by atoms with Gasteiger partial charge in [0.2, 0.25) is 0 Å². The molecule has 0 spiro atoms. The molecule has 0 aliphatic carbocycles. The van der Waals surface area contributed by atoms with Crippen molar-refractivity contribution in [2.75, 3.05) is 27.2 Å². The standard InChI is InChI=1S/C8H16N2O/c1-4-7(11)8-9(2)5-6-10(8)3/h8H,4-6H2,1-3H3. The van der Waals surface area contributed by atoms with Crippen LogP contribution in [0.2, 0.25) is 0 Å². The third-order valence-electron chi connectivity index (χ3n) is 2.28. The normalized spacial score (nSPS) is 22.8. The zero-order chi connectivity index (χ0) is 8.43. The highest BCUT2D eigenvalue weighted by Crippen LogP contribution is 2.11. The molecule has 3 nitrogen and oxygen atoms in total. The lowest BCUT2D eigenvalue weighted by Gasteiger charge is -2.22. The first-order chi connectivity index (χ1) is 5.16. The maximum Gasteiger partial charge on any atom is 0.164 e. The van der Waals surface area contributed by atoms with E-state index in [9.17, 15) is 4.79 Å². The van der Waals surface area contributed by atoms with Gasteiger partial charge >= 0.3 is 0 Å². The molecule has 3 heteroatoms. The number of hydrogen-bond donors (Lipinski definition) is 0. The van der Waals surface area contributed by atoms with Gasteiger partial charge in [-0.2, -0.15) is 0 Å². The summed E-state index contributed by atoms with van der Waals surface area (Å²) in [6, 6.07) is 0. The molecule has 0 bridgehead atoms. The lowest BCUT2D eigenvalue weighted by atomic mass is 10.2. The van der Waals surface area contributed by atoms with E-state index in [4.69, 9.17) is 0 Å². The van der Waals surface area contributed by atoms with Crippen molar-refractivity contribution < 1.29 is 4.79 Å². The van der Waals surface area contributed by atoms with Crippen LogP contribution in [0, 0.1) is 0 Å². The van der Waals surface area contributed by atoms with E-state index in [1.165, 1.54) is 0 Å². The van der Waals surface area contributed by atoms with Crippen LogP contribution in [0.4, 0.5) is 0 Å². The smallest absolute Gasteiger partial charge is 0.164 e. The second-order valence-corrected chi connectivity index (χ2v) is 3.15. The van der Waals surface area contributed by atoms with E-state index >= 15 is 0 Å². The van der Waals surface area contributed by atoms with Crippen molar-refractivity contribution in [3.05, 3.63) is 0 Å². The zero-order valence-electron chi connectivity index (χ0n) is 7.50. The van der Waals surface area contributed by atoms with Gasteiger partial charge in [0.25, 0.3) is 0 Å². The first-order valence-corrected chi connectivity index (χ1v) is 4.10. The Morgan fingerprint density at radius 3 is 2.18 bits per heavy atom. The van der Waals surface area contributed by atoms with Crippen LogP contribution in [0.3, 0.4) is 0 Å². The number of likely N-dealkylation sites (N-methyl/N-ethyl adjacent to an activating group) is 2. The highest BCUT2D eigenvalue weighted by molar-refractivity contribution is 5.83. The predicted molar refractivity (Wildman–Crippen MR) is 44.3 cm³/mol. The number of hydrogen-bond acceptors (Lipinski definition) is 3. The highest BCUT2D eigenvalue weighted by Gasteiger charge is 2.30. The average molecular weight is 156 g/mol. The Bertz CT molecular complexity index is 148. The summed E-state index contributed by atoms with van der Waals surface area (Å²) in [5.74, 6) is 0.326. The van der Waals surface area contributed by atoms with Crippen LogP contribution in [-0.4, -0.2) is 48.9 Å². The van der Waals surface area contributed by atoms with Crippen LogP contribution in [0.25, 0.3) is 0 Å². The fraction of sp³-hybridized carbons (Fsp3) is 0.875. The molecule has 0 N–H and O–H groups in total. The van der Waals surface area contributed by atoms with E-state index < -0.39 is 0 Å². The van der Waals surface area contributed by atoms with Gasteiger partial charge in [0, 0.05) is 19.5 Å². The molecule has 0 amide bonds. The molecule has 0 atom stereocenters. The largest absolute Gasteiger partial charge is 0.296 e. The fourth-order valence-electron chi connectivity index (χ4n) is 1.57. The van der Waals surface area contributed by atoms with Crippen molar-refractivity contribution in [1.82, 2.24) is 9.80 Å². The van der Waals surface area contributed by atoms with Gasteiger partial charge in [0.1, 0.15) is 6.17 Å². The SMILES string of the molecule is CCC(=O)C1N(C)CCN1C.